The van der Waals surface area contributed by atoms with Gasteiger partial charge < -0.3 is 26.6 Å². The smallest absolute Gasteiger partial charge is 0.243 e. The fraction of sp³-hybridized carbons (Fsp3) is 0.600. The second-order valence-electron chi connectivity index (χ2n) is 9.34. The van der Waals surface area contributed by atoms with E-state index in [1.54, 1.807) is 4.90 Å². The summed E-state index contributed by atoms with van der Waals surface area (Å²) in [5.41, 5.74) is 7.45. The lowest BCUT2D eigenvalue weighted by atomic mass is 10.0. The average molecular weight is 472 g/mol. The van der Waals surface area contributed by atoms with E-state index in [1.165, 1.54) is 5.56 Å². The van der Waals surface area contributed by atoms with Crippen molar-refractivity contribution in [3.8, 4) is 0 Å². The minimum Gasteiger partial charge on any atom is -0.370 e. The van der Waals surface area contributed by atoms with Gasteiger partial charge in [-0.1, -0.05) is 38.1 Å². The van der Waals surface area contributed by atoms with E-state index < -0.39 is 18.0 Å². The van der Waals surface area contributed by atoms with Crippen LogP contribution in [0.4, 0.5) is 0 Å². The van der Waals surface area contributed by atoms with E-state index in [0.29, 0.717) is 19.5 Å². The molecule has 34 heavy (non-hydrogen) atoms. The van der Waals surface area contributed by atoms with Gasteiger partial charge in [0, 0.05) is 31.5 Å². The molecule has 4 amide bonds. The molecular weight excluding hydrogens is 434 g/mol. The summed E-state index contributed by atoms with van der Waals surface area (Å²) in [6.07, 6.45) is 3.12. The molecule has 2 heterocycles. The van der Waals surface area contributed by atoms with Crippen LogP contribution in [0.2, 0.25) is 0 Å². The molecule has 2 aliphatic heterocycles. The molecule has 2 aliphatic rings. The first-order valence-electron chi connectivity index (χ1n) is 12.3. The maximum atomic E-state index is 13.2. The van der Waals surface area contributed by atoms with Crippen LogP contribution in [0.3, 0.4) is 0 Å². The highest BCUT2D eigenvalue weighted by Gasteiger charge is 2.43. The first-order valence-corrected chi connectivity index (χ1v) is 12.3. The van der Waals surface area contributed by atoms with Crippen LogP contribution in [0.25, 0.3) is 0 Å². The largest absolute Gasteiger partial charge is 0.370 e. The zero-order chi connectivity index (χ0) is 24.7. The molecule has 0 saturated carbocycles. The molecule has 0 aromatic heterocycles. The van der Waals surface area contributed by atoms with Gasteiger partial charge in [-0.2, -0.15) is 0 Å². The van der Waals surface area contributed by atoms with Crippen LogP contribution in [-0.2, 0) is 32.1 Å². The third-order valence-electron chi connectivity index (χ3n) is 6.80. The Morgan fingerprint density at radius 3 is 2.53 bits per heavy atom. The summed E-state index contributed by atoms with van der Waals surface area (Å²) in [4.78, 5) is 52.3. The van der Waals surface area contributed by atoms with Crippen molar-refractivity contribution in [2.24, 2.45) is 11.7 Å². The number of primary amides is 1. The van der Waals surface area contributed by atoms with Gasteiger partial charge in [-0.25, -0.2) is 0 Å². The van der Waals surface area contributed by atoms with E-state index in [1.807, 2.05) is 31.2 Å². The molecule has 3 rings (SSSR count). The number of aryl methyl sites for hydroxylation is 1. The summed E-state index contributed by atoms with van der Waals surface area (Å²) in [5, 5.41) is 8.94. The number of nitrogens with two attached hydrogens (primary N) is 1. The Hall–Kier alpha value is -2.94. The van der Waals surface area contributed by atoms with E-state index >= 15 is 0 Å². The molecule has 0 aliphatic carbocycles. The number of hydrogen-bond acceptors (Lipinski definition) is 5. The molecular formula is C25H37N5O4. The van der Waals surface area contributed by atoms with Crippen molar-refractivity contribution in [1.82, 2.24) is 20.9 Å². The molecule has 0 unspecified atom stereocenters. The fourth-order valence-corrected chi connectivity index (χ4v) is 4.71. The van der Waals surface area contributed by atoms with Gasteiger partial charge >= 0.3 is 0 Å². The third-order valence-corrected chi connectivity index (χ3v) is 6.80. The van der Waals surface area contributed by atoms with E-state index in [-0.39, 0.29) is 42.5 Å². The van der Waals surface area contributed by atoms with Crippen molar-refractivity contribution in [3.05, 3.63) is 35.4 Å². The highest BCUT2D eigenvalue weighted by atomic mass is 16.2. The minimum absolute atomic E-state index is 0.0162. The second kappa shape index (κ2) is 12.0. The van der Waals surface area contributed by atoms with Crippen LogP contribution >= 0.6 is 0 Å². The lowest BCUT2D eigenvalue weighted by Gasteiger charge is -2.34. The normalized spacial score (nSPS) is 23.4. The Bertz CT molecular complexity index is 888. The molecule has 2 saturated heterocycles. The van der Waals surface area contributed by atoms with Crippen molar-refractivity contribution < 1.29 is 19.2 Å². The monoisotopic (exact) mass is 471 g/mol. The minimum atomic E-state index is -0.905. The summed E-state index contributed by atoms with van der Waals surface area (Å²) in [6.45, 7) is 5.64. The lowest BCUT2D eigenvalue weighted by Crippen LogP contribution is -2.56. The summed E-state index contributed by atoms with van der Waals surface area (Å²) < 4.78 is 0. The molecule has 0 spiro atoms. The molecule has 4 atom stereocenters. The van der Waals surface area contributed by atoms with Crippen LogP contribution in [0.1, 0.15) is 57.1 Å². The molecule has 1 aromatic rings. The number of carbonyl (C=O) groups is 4. The number of amides is 4. The van der Waals surface area contributed by atoms with Crippen molar-refractivity contribution in [2.75, 3.05) is 13.1 Å². The zero-order valence-corrected chi connectivity index (χ0v) is 20.1. The third kappa shape index (κ3) is 6.56. The SMILES string of the molecule is CCc1ccc(CNC(=O)[C@H](CCC(N)=O)NC(=O)[C@@H]2CC[C@@H]3CCNC[C@H](C)C(=O)N32)cc1. The Kier molecular flexibility index (Phi) is 9.04. The standard InChI is InChI=1S/C25H37N5O4/c1-3-17-4-6-18(7-5-17)15-28-23(32)20(9-11-22(26)31)29-24(33)21-10-8-19-12-13-27-14-16(2)25(34)30(19)21/h4-7,16,19-21,27H,3,8-15H2,1-2H3,(H2,26,31)(H,28,32)(H,29,33)/t16-,19+,20-,21-/m0/s1. The van der Waals surface area contributed by atoms with Gasteiger partial charge in [0.15, 0.2) is 0 Å². The van der Waals surface area contributed by atoms with Gasteiger partial charge in [0.2, 0.25) is 23.6 Å². The van der Waals surface area contributed by atoms with E-state index in [9.17, 15) is 19.2 Å². The van der Waals surface area contributed by atoms with Gasteiger partial charge in [0.05, 0.1) is 0 Å². The Labute approximate surface area is 201 Å². The predicted molar refractivity (Wildman–Crippen MR) is 128 cm³/mol. The summed E-state index contributed by atoms with van der Waals surface area (Å²) >= 11 is 0. The molecule has 5 N–H and O–H groups in total. The first-order chi connectivity index (χ1) is 16.3. The van der Waals surface area contributed by atoms with Crippen LogP contribution in [0.5, 0.6) is 0 Å². The van der Waals surface area contributed by atoms with Gasteiger partial charge in [-0.05, 0) is 49.8 Å². The van der Waals surface area contributed by atoms with E-state index in [2.05, 4.69) is 22.9 Å². The molecule has 1 aromatic carbocycles. The van der Waals surface area contributed by atoms with Gasteiger partial charge in [0.1, 0.15) is 12.1 Å². The Morgan fingerprint density at radius 2 is 1.85 bits per heavy atom. The molecule has 9 heteroatoms. The van der Waals surface area contributed by atoms with Crippen LogP contribution in [-0.4, -0.2) is 59.7 Å². The van der Waals surface area contributed by atoms with Gasteiger partial charge in [-0.15, -0.1) is 0 Å². The molecule has 2 fully saturated rings. The van der Waals surface area contributed by atoms with Gasteiger partial charge in [-0.3, -0.25) is 19.2 Å². The number of benzene rings is 1. The summed E-state index contributed by atoms with van der Waals surface area (Å²) in [6, 6.07) is 6.45. The maximum absolute atomic E-state index is 13.2. The molecule has 9 nitrogen and oxygen atoms in total. The van der Waals surface area contributed by atoms with Crippen molar-refractivity contribution in [1.29, 1.82) is 0 Å². The Morgan fingerprint density at radius 1 is 1.15 bits per heavy atom. The molecule has 0 bridgehead atoms. The zero-order valence-electron chi connectivity index (χ0n) is 20.1. The number of fused-ring (bicyclic) bond motifs is 1. The van der Waals surface area contributed by atoms with E-state index in [4.69, 9.17) is 5.73 Å². The highest BCUT2D eigenvalue weighted by molar-refractivity contribution is 5.93. The predicted octanol–water partition coefficient (Wildman–Crippen LogP) is 0.605. The van der Waals surface area contributed by atoms with Crippen LogP contribution in [0, 0.1) is 5.92 Å². The second-order valence-corrected chi connectivity index (χ2v) is 9.34. The summed E-state index contributed by atoms with van der Waals surface area (Å²) in [5.74, 6) is -1.52. The van der Waals surface area contributed by atoms with Crippen LogP contribution in [0.15, 0.2) is 24.3 Å². The van der Waals surface area contributed by atoms with Crippen molar-refractivity contribution >= 4 is 23.6 Å². The fourth-order valence-electron chi connectivity index (χ4n) is 4.71. The Balaban J connectivity index is 1.66. The quantitative estimate of drug-likeness (QED) is 0.419. The number of rotatable bonds is 9. The van der Waals surface area contributed by atoms with Crippen molar-refractivity contribution in [3.63, 3.8) is 0 Å². The average Bonchev–Trinajstić information content (AvgIpc) is 3.25. The number of nitrogens with one attached hydrogen (secondary N) is 3. The topological polar surface area (TPSA) is 134 Å². The maximum Gasteiger partial charge on any atom is 0.243 e. The van der Waals surface area contributed by atoms with E-state index in [0.717, 1.165) is 31.4 Å². The molecule has 186 valence electrons. The molecule has 0 radical (unpaired) electrons. The van der Waals surface area contributed by atoms with Crippen molar-refractivity contribution in [2.45, 2.75) is 77.0 Å². The first kappa shape index (κ1) is 25.7. The lowest BCUT2D eigenvalue weighted by molar-refractivity contribution is -0.144. The number of carbonyl (C=O) groups excluding carboxylic acids is 4. The number of nitrogens with zero attached hydrogens (tertiary/aromatic N) is 1. The number of hydrogen-bond donors (Lipinski definition) is 4. The highest BCUT2D eigenvalue weighted by Crippen LogP contribution is 2.29. The van der Waals surface area contributed by atoms with Gasteiger partial charge in [0.25, 0.3) is 0 Å². The summed E-state index contributed by atoms with van der Waals surface area (Å²) in [7, 11) is 0. The van der Waals surface area contributed by atoms with Crippen LogP contribution < -0.4 is 21.7 Å².